The van der Waals surface area contributed by atoms with Gasteiger partial charge in [0.1, 0.15) is 5.82 Å². The SMILES string of the molecule is COc1ccc([C@H]2C(C#N)=C(N)N(c3cc(-c4ccccc4)[nH]n3)C3=C2C(=O)CCC3)cc1OC. The molecule has 0 amide bonds. The number of nitrogens with one attached hydrogen (secondary N) is 1. The van der Waals surface area contributed by atoms with Gasteiger partial charge >= 0.3 is 0 Å². The molecule has 1 aromatic heterocycles. The van der Waals surface area contributed by atoms with Crippen LogP contribution in [0.15, 0.2) is 77.3 Å². The van der Waals surface area contributed by atoms with Crippen molar-refractivity contribution >= 4 is 11.6 Å². The topological polar surface area (TPSA) is 117 Å². The van der Waals surface area contributed by atoms with Crippen molar-refractivity contribution in [3.05, 3.63) is 82.8 Å². The molecule has 3 aromatic rings. The smallest absolute Gasteiger partial charge is 0.161 e. The summed E-state index contributed by atoms with van der Waals surface area (Å²) in [5.74, 6) is 1.32. The van der Waals surface area contributed by atoms with Gasteiger partial charge < -0.3 is 15.2 Å². The van der Waals surface area contributed by atoms with Crippen LogP contribution in [0.25, 0.3) is 11.3 Å². The number of anilines is 1. The molecule has 0 radical (unpaired) electrons. The van der Waals surface area contributed by atoms with Crippen LogP contribution in [0.5, 0.6) is 11.5 Å². The number of methoxy groups -OCH3 is 2. The molecule has 8 heteroatoms. The van der Waals surface area contributed by atoms with Crippen molar-refractivity contribution in [3.8, 4) is 28.8 Å². The summed E-state index contributed by atoms with van der Waals surface area (Å²) in [4.78, 5) is 15.1. The van der Waals surface area contributed by atoms with E-state index in [1.165, 1.54) is 0 Å². The van der Waals surface area contributed by atoms with E-state index in [1.54, 1.807) is 31.3 Å². The molecule has 5 rings (SSSR count). The first-order valence-electron chi connectivity index (χ1n) is 11.4. The number of carbonyl (C=O) groups is 1. The fourth-order valence-corrected chi connectivity index (χ4v) is 4.91. The molecule has 2 aliphatic rings. The molecule has 8 nitrogen and oxygen atoms in total. The summed E-state index contributed by atoms with van der Waals surface area (Å²) in [6, 6.07) is 19.4. The van der Waals surface area contributed by atoms with E-state index in [4.69, 9.17) is 15.2 Å². The van der Waals surface area contributed by atoms with Crippen molar-refractivity contribution in [3.63, 3.8) is 0 Å². The third-order valence-corrected chi connectivity index (χ3v) is 6.53. The standard InChI is InChI=1S/C27H25N5O3/c1-34-22-12-11-17(13-23(22)35-2)25-18(15-28)27(29)32(20-9-6-10-21(33)26(20)25)24-14-19(30-31-24)16-7-4-3-5-8-16/h3-5,7-8,11-14,25H,6,9-10,29H2,1-2H3,(H,30,31)/t25-/m0/s1. The first kappa shape index (κ1) is 22.3. The van der Waals surface area contributed by atoms with E-state index in [1.807, 2.05) is 42.5 Å². The number of rotatable bonds is 5. The lowest BCUT2D eigenvalue weighted by Crippen LogP contribution is -2.39. The zero-order valence-corrected chi connectivity index (χ0v) is 19.5. The molecule has 0 spiro atoms. The Labute approximate surface area is 203 Å². The molecule has 1 atom stereocenters. The van der Waals surface area contributed by atoms with Gasteiger partial charge in [-0.1, -0.05) is 36.4 Å². The number of H-pyrrole nitrogens is 1. The molecule has 1 aliphatic carbocycles. The summed E-state index contributed by atoms with van der Waals surface area (Å²) in [5.41, 5.74) is 10.9. The normalized spacial score (nSPS) is 17.8. The number of aromatic nitrogens is 2. The first-order valence-corrected chi connectivity index (χ1v) is 11.4. The molecule has 3 N–H and O–H groups in total. The van der Waals surface area contributed by atoms with E-state index in [-0.39, 0.29) is 11.6 Å². The van der Waals surface area contributed by atoms with Gasteiger partial charge in [0.2, 0.25) is 0 Å². The second-order valence-corrected chi connectivity index (χ2v) is 8.44. The van der Waals surface area contributed by atoms with Crippen LogP contribution in [-0.4, -0.2) is 30.2 Å². The Balaban J connectivity index is 1.67. The van der Waals surface area contributed by atoms with Crippen LogP contribution < -0.4 is 20.1 Å². The maximum absolute atomic E-state index is 13.3. The second kappa shape index (κ2) is 9.03. The molecule has 0 saturated carbocycles. The van der Waals surface area contributed by atoms with Gasteiger partial charge in [0.05, 0.1) is 37.5 Å². The molecule has 176 valence electrons. The lowest BCUT2D eigenvalue weighted by atomic mass is 9.75. The predicted molar refractivity (Wildman–Crippen MR) is 132 cm³/mol. The third-order valence-electron chi connectivity index (χ3n) is 6.53. The minimum absolute atomic E-state index is 0.00936. The number of hydrogen-bond acceptors (Lipinski definition) is 7. The molecule has 2 aromatic carbocycles. The lowest BCUT2D eigenvalue weighted by molar-refractivity contribution is -0.116. The van der Waals surface area contributed by atoms with Crippen LogP contribution in [0.1, 0.15) is 30.7 Å². The first-order chi connectivity index (χ1) is 17.1. The van der Waals surface area contributed by atoms with Crippen molar-refractivity contribution in [2.45, 2.75) is 25.2 Å². The number of ketones is 1. The van der Waals surface area contributed by atoms with Gasteiger partial charge in [-0.05, 0) is 36.1 Å². The van der Waals surface area contributed by atoms with E-state index in [9.17, 15) is 10.1 Å². The number of ether oxygens (including phenoxy) is 2. The van der Waals surface area contributed by atoms with E-state index in [0.29, 0.717) is 47.7 Å². The average molecular weight is 468 g/mol. The molecule has 1 aliphatic heterocycles. The third kappa shape index (κ3) is 3.71. The van der Waals surface area contributed by atoms with Crippen LogP contribution in [0, 0.1) is 11.3 Å². The molecule has 0 saturated heterocycles. The number of aromatic amines is 1. The van der Waals surface area contributed by atoms with Gasteiger partial charge in [0.15, 0.2) is 23.1 Å². The van der Waals surface area contributed by atoms with Gasteiger partial charge in [-0.2, -0.15) is 10.4 Å². The number of nitrogens with two attached hydrogens (primary N) is 1. The Bertz CT molecular complexity index is 1400. The van der Waals surface area contributed by atoms with Gasteiger partial charge in [-0.15, -0.1) is 0 Å². The van der Waals surface area contributed by atoms with Crippen LogP contribution in [0.3, 0.4) is 0 Å². The lowest BCUT2D eigenvalue weighted by Gasteiger charge is -2.38. The largest absolute Gasteiger partial charge is 0.493 e. The highest BCUT2D eigenvalue weighted by atomic mass is 16.5. The summed E-state index contributed by atoms with van der Waals surface area (Å²) >= 11 is 0. The number of Topliss-reactive ketones (excluding diaryl/α,β-unsaturated/α-hetero) is 1. The molecule has 0 unspecified atom stereocenters. The summed E-state index contributed by atoms with van der Waals surface area (Å²) in [6.07, 6.45) is 1.78. The van der Waals surface area contributed by atoms with Crippen molar-refractivity contribution in [2.24, 2.45) is 5.73 Å². The summed E-state index contributed by atoms with van der Waals surface area (Å²) < 4.78 is 10.8. The molecule has 2 heterocycles. The molecule has 0 bridgehead atoms. The zero-order valence-electron chi connectivity index (χ0n) is 19.5. The van der Waals surface area contributed by atoms with Gasteiger partial charge in [-0.25, -0.2) is 0 Å². The fraction of sp³-hybridized carbons (Fsp3) is 0.222. The highest BCUT2D eigenvalue weighted by molar-refractivity contribution is 6.01. The van der Waals surface area contributed by atoms with Gasteiger partial charge in [0, 0.05) is 23.8 Å². The Morgan fingerprint density at radius 1 is 1.09 bits per heavy atom. The van der Waals surface area contributed by atoms with Crippen molar-refractivity contribution in [1.29, 1.82) is 5.26 Å². The average Bonchev–Trinajstić information content (AvgIpc) is 3.38. The number of benzene rings is 2. The second-order valence-electron chi connectivity index (χ2n) is 8.44. The summed E-state index contributed by atoms with van der Waals surface area (Å²) in [7, 11) is 3.12. The highest BCUT2D eigenvalue weighted by Gasteiger charge is 2.41. The Kier molecular flexibility index (Phi) is 5.75. The number of carbonyl (C=O) groups excluding carboxylic acids is 1. The fourth-order valence-electron chi connectivity index (χ4n) is 4.91. The van der Waals surface area contributed by atoms with E-state index in [0.717, 1.165) is 22.5 Å². The maximum atomic E-state index is 13.3. The summed E-state index contributed by atoms with van der Waals surface area (Å²) in [5, 5.41) is 17.8. The van der Waals surface area contributed by atoms with Crippen LogP contribution in [0.2, 0.25) is 0 Å². The molecular weight excluding hydrogens is 442 g/mol. The number of nitriles is 1. The number of hydrogen-bond donors (Lipinski definition) is 2. The van der Waals surface area contributed by atoms with E-state index >= 15 is 0 Å². The minimum atomic E-state index is -0.591. The zero-order chi connectivity index (χ0) is 24.5. The van der Waals surface area contributed by atoms with Crippen molar-refractivity contribution in [2.75, 3.05) is 19.1 Å². The van der Waals surface area contributed by atoms with Gasteiger partial charge in [0.25, 0.3) is 0 Å². The summed E-state index contributed by atoms with van der Waals surface area (Å²) in [6.45, 7) is 0. The van der Waals surface area contributed by atoms with Crippen LogP contribution >= 0.6 is 0 Å². The van der Waals surface area contributed by atoms with E-state index < -0.39 is 5.92 Å². The van der Waals surface area contributed by atoms with Crippen molar-refractivity contribution in [1.82, 2.24) is 10.2 Å². The highest BCUT2D eigenvalue weighted by Crippen LogP contribution is 2.47. The Hall–Kier alpha value is -4.51. The monoisotopic (exact) mass is 467 g/mol. The Morgan fingerprint density at radius 3 is 2.57 bits per heavy atom. The molecule has 0 fully saturated rings. The molecule has 35 heavy (non-hydrogen) atoms. The number of nitrogens with zero attached hydrogens (tertiary/aromatic N) is 3. The van der Waals surface area contributed by atoms with Gasteiger partial charge in [-0.3, -0.25) is 14.8 Å². The maximum Gasteiger partial charge on any atom is 0.161 e. The quantitative estimate of drug-likeness (QED) is 0.571. The number of allylic oxidation sites excluding steroid dienone is 3. The molecular formula is C27H25N5O3. The predicted octanol–water partition coefficient (Wildman–Crippen LogP) is 4.40. The Morgan fingerprint density at radius 2 is 1.86 bits per heavy atom. The van der Waals surface area contributed by atoms with E-state index in [2.05, 4.69) is 16.3 Å². The minimum Gasteiger partial charge on any atom is -0.493 e. The van der Waals surface area contributed by atoms with Crippen molar-refractivity contribution < 1.29 is 14.3 Å². The van der Waals surface area contributed by atoms with Crippen LogP contribution in [-0.2, 0) is 4.79 Å². The van der Waals surface area contributed by atoms with Crippen LogP contribution in [0.4, 0.5) is 5.82 Å².